The van der Waals surface area contributed by atoms with Crippen LogP contribution in [0.15, 0.2) is 0 Å². The number of carbonyl (C=O) groups excluding carboxylic acids is 1. The lowest BCUT2D eigenvalue weighted by Gasteiger charge is -2.24. The zero-order valence-electron chi connectivity index (χ0n) is 13.8. The van der Waals surface area contributed by atoms with E-state index in [1.807, 2.05) is 0 Å². The summed E-state index contributed by atoms with van der Waals surface area (Å²) in [4.78, 5) is 22.3. The lowest BCUT2D eigenvalue weighted by molar-refractivity contribution is -0.138. The minimum Gasteiger partial charge on any atom is -0.481 e. The number of aliphatic carboxylic acids is 1. The predicted octanol–water partition coefficient (Wildman–Crippen LogP) is 3.68. The lowest BCUT2D eigenvalue weighted by atomic mass is 10.0. The second-order valence-corrected chi connectivity index (χ2v) is 6.31. The molecule has 0 atom stereocenters. The smallest absolute Gasteiger partial charge is 0.315 e. The minimum atomic E-state index is -0.914. The summed E-state index contributed by atoms with van der Waals surface area (Å²) in [6.45, 7) is 6.27. The number of nitrogens with one attached hydrogen (secondary N) is 2. The van der Waals surface area contributed by atoms with Gasteiger partial charge in [0.15, 0.2) is 0 Å². The molecule has 0 radical (unpaired) electrons. The molecule has 0 rings (SSSR count). The molecule has 0 saturated heterocycles. The molecule has 0 aliphatic rings. The Morgan fingerprint density at radius 3 is 2.00 bits per heavy atom. The van der Waals surface area contributed by atoms with Gasteiger partial charge in [0.2, 0.25) is 0 Å². The van der Waals surface area contributed by atoms with Crippen LogP contribution in [0, 0.1) is 0 Å². The van der Waals surface area contributed by atoms with Gasteiger partial charge in [-0.25, -0.2) is 4.79 Å². The van der Waals surface area contributed by atoms with Crippen LogP contribution in [0.4, 0.5) is 4.79 Å². The summed E-state index contributed by atoms with van der Waals surface area (Å²) in [5.41, 5.74) is -0.727. The minimum absolute atomic E-state index is 0.0851. The Kier molecular flexibility index (Phi) is 10.7. The van der Waals surface area contributed by atoms with E-state index >= 15 is 0 Å². The summed E-state index contributed by atoms with van der Waals surface area (Å²) in [6, 6.07) is -0.288. The largest absolute Gasteiger partial charge is 0.481 e. The van der Waals surface area contributed by atoms with Gasteiger partial charge in [-0.2, -0.15) is 0 Å². The third-order valence-corrected chi connectivity index (χ3v) is 3.36. The van der Waals surface area contributed by atoms with Gasteiger partial charge in [-0.1, -0.05) is 51.9 Å². The maximum Gasteiger partial charge on any atom is 0.315 e. The number of hydrogen-bond acceptors (Lipinski definition) is 2. The SMILES string of the molecule is CCCCCCCCCCNC(=O)NC(C)(C)CC(=O)O. The highest BCUT2D eigenvalue weighted by molar-refractivity contribution is 5.76. The molecule has 0 heterocycles. The quantitative estimate of drug-likeness (QED) is 0.481. The van der Waals surface area contributed by atoms with Crippen LogP contribution in [-0.4, -0.2) is 29.2 Å². The maximum atomic E-state index is 11.6. The van der Waals surface area contributed by atoms with Crippen LogP contribution in [0.2, 0.25) is 0 Å². The molecule has 0 saturated carbocycles. The first kappa shape index (κ1) is 19.7. The van der Waals surface area contributed by atoms with Gasteiger partial charge in [0.25, 0.3) is 0 Å². The highest BCUT2D eigenvalue weighted by atomic mass is 16.4. The number of carboxylic acid groups (broad SMARTS) is 1. The number of carbonyl (C=O) groups is 2. The second-order valence-electron chi connectivity index (χ2n) is 6.31. The Balaban J connectivity index is 3.51. The molecule has 2 amide bonds. The van der Waals surface area contributed by atoms with Crippen molar-refractivity contribution in [3.8, 4) is 0 Å². The van der Waals surface area contributed by atoms with Gasteiger partial charge in [0.05, 0.1) is 6.42 Å². The standard InChI is InChI=1S/C16H32N2O3/c1-4-5-6-7-8-9-10-11-12-17-15(21)18-16(2,3)13-14(19)20/h4-13H2,1-3H3,(H,19,20)(H2,17,18,21). The van der Waals surface area contributed by atoms with Gasteiger partial charge in [-0.15, -0.1) is 0 Å². The Bertz CT molecular complexity index is 304. The first-order valence-corrected chi connectivity index (χ1v) is 8.15. The van der Waals surface area contributed by atoms with E-state index in [1.54, 1.807) is 13.8 Å². The fraction of sp³-hybridized carbons (Fsp3) is 0.875. The summed E-state index contributed by atoms with van der Waals surface area (Å²) >= 11 is 0. The fourth-order valence-electron chi connectivity index (χ4n) is 2.23. The van der Waals surface area contributed by atoms with Crippen molar-refractivity contribution in [1.29, 1.82) is 0 Å². The van der Waals surface area contributed by atoms with E-state index in [9.17, 15) is 9.59 Å². The Morgan fingerprint density at radius 1 is 0.952 bits per heavy atom. The molecule has 0 fully saturated rings. The van der Waals surface area contributed by atoms with E-state index in [1.165, 1.54) is 38.5 Å². The summed E-state index contributed by atoms with van der Waals surface area (Å²) in [7, 11) is 0. The fourth-order valence-corrected chi connectivity index (χ4v) is 2.23. The Labute approximate surface area is 128 Å². The molecule has 5 nitrogen and oxygen atoms in total. The summed E-state index contributed by atoms with van der Waals surface area (Å²) < 4.78 is 0. The third kappa shape index (κ3) is 13.5. The van der Waals surface area contributed by atoms with Crippen molar-refractivity contribution in [3.05, 3.63) is 0 Å². The molecule has 0 unspecified atom stereocenters. The number of amides is 2. The van der Waals surface area contributed by atoms with Crippen LogP contribution in [0.5, 0.6) is 0 Å². The zero-order chi connectivity index (χ0) is 16.1. The molecule has 21 heavy (non-hydrogen) atoms. The molecule has 5 heteroatoms. The number of carboxylic acids is 1. The molecule has 0 bridgehead atoms. The van der Waals surface area contributed by atoms with Crippen LogP contribution in [0.3, 0.4) is 0 Å². The molecular formula is C16H32N2O3. The van der Waals surface area contributed by atoms with Crippen LogP contribution >= 0.6 is 0 Å². The van der Waals surface area contributed by atoms with Crippen LogP contribution in [-0.2, 0) is 4.79 Å². The molecule has 0 aromatic rings. The first-order chi connectivity index (χ1) is 9.87. The molecule has 0 aliphatic heterocycles. The van der Waals surface area contributed by atoms with E-state index in [0.29, 0.717) is 6.54 Å². The summed E-state index contributed by atoms with van der Waals surface area (Å²) in [5.74, 6) is -0.914. The van der Waals surface area contributed by atoms with Gasteiger partial charge in [-0.05, 0) is 20.3 Å². The number of hydrogen-bond donors (Lipinski definition) is 3. The average molecular weight is 300 g/mol. The molecule has 0 aromatic carbocycles. The number of urea groups is 1. The highest BCUT2D eigenvalue weighted by Gasteiger charge is 2.23. The number of rotatable bonds is 12. The van der Waals surface area contributed by atoms with Gasteiger partial charge in [-0.3, -0.25) is 4.79 Å². The summed E-state index contributed by atoms with van der Waals surface area (Å²) in [6.07, 6.45) is 9.76. The van der Waals surface area contributed by atoms with Crippen molar-refractivity contribution in [3.63, 3.8) is 0 Å². The van der Waals surface area contributed by atoms with Gasteiger partial charge in [0.1, 0.15) is 0 Å². The molecular weight excluding hydrogens is 268 g/mol. The van der Waals surface area contributed by atoms with Gasteiger partial charge < -0.3 is 15.7 Å². The van der Waals surface area contributed by atoms with Crippen molar-refractivity contribution in [2.75, 3.05) is 6.54 Å². The van der Waals surface area contributed by atoms with E-state index < -0.39 is 11.5 Å². The van der Waals surface area contributed by atoms with Gasteiger partial charge in [0, 0.05) is 12.1 Å². The third-order valence-electron chi connectivity index (χ3n) is 3.36. The molecule has 3 N–H and O–H groups in total. The average Bonchev–Trinajstić information content (AvgIpc) is 2.34. The van der Waals surface area contributed by atoms with Crippen LogP contribution in [0.1, 0.15) is 78.6 Å². The monoisotopic (exact) mass is 300 g/mol. The van der Waals surface area contributed by atoms with E-state index in [4.69, 9.17) is 5.11 Å². The Morgan fingerprint density at radius 2 is 1.48 bits per heavy atom. The van der Waals surface area contributed by atoms with Crippen molar-refractivity contribution < 1.29 is 14.7 Å². The number of unbranched alkanes of at least 4 members (excludes halogenated alkanes) is 7. The van der Waals surface area contributed by atoms with Crippen molar-refractivity contribution in [1.82, 2.24) is 10.6 Å². The Hall–Kier alpha value is -1.26. The first-order valence-electron chi connectivity index (χ1n) is 8.15. The van der Waals surface area contributed by atoms with E-state index in [2.05, 4.69) is 17.6 Å². The molecule has 0 aromatic heterocycles. The van der Waals surface area contributed by atoms with Gasteiger partial charge >= 0.3 is 12.0 Å². The van der Waals surface area contributed by atoms with Crippen molar-refractivity contribution >= 4 is 12.0 Å². The zero-order valence-corrected chi connectivity index (χ0v) is 13.8. The van der Waals surface area contributed by atoms with Crippen LogP contribution in [0.25, 0.3) is 0 Å². The summed E-state index contributed by atoms with van der Waals surface area (Å²) in [5, 5.41) is 14.2. The predicted molar refractivity (Wildman–Crippen MR) is 85.5 cm³/mol. The normalized spacial score (nSPS) is 11.2. The lowest BCUT2D eigenvalue weighted by Crippen LogP contribution is -2.49. The molecule has 0 aliphatic carbocycles. The molecule has 124 valence electrons. The second kappa shape index (κ2) is 11.4. The van der Waals surface area contributed by atoms with E-state index in [-0.39, 0.29) is 12.5 Å². The van der Waals surface area contributed by atoms with Crippen molar-refractivity contribution in [2.24, 2.45) is 0 Å². The highest BCUT2D eigenvalue weighted by Crippen LogP contribution is 2.09. The maximum absolute atomic E-state index is 11.6. The van der Waals surface area contributed by atoms with Crippen molar-refractivity contribution in [2.45, 2.75) is 84.1 Å². The van der Waals surface area contributed by atoms with Crippen LogP contribution < -0.4 is 10.6 Å². The van der Waals surface area contributed by atoms with E-state index in [0.717, 1.165) is 12.8 Å². The topological polar surface area (TPSA) is 78.4 Å². The molecule has 0 spiro atoms.